The van der Waals surface area contributed by atoms with Gasteiger partial charge in [0.15, 0.2) is 0 Å². The predicted octanol–water partition coefficient (Wildman–Crippen LogP) is 4.24. The molecule has 0 N–H and O–H groups in total. The quantitative estimate of drug-likeness (QED) is 0.559. The number of benzene rings is 1. The average molecular weight is 252 g/mol. The van der Waals surface area contributed by atoms with Gasteiger partial charge in [0, 0.05) is 24.2 Å². The van der Waals surface area contributed by atoms with Crippen LogP contribution in [0.4, 0.5) is 5.69 Å². The predicted molar refractivity (Wildman–Crippen MR) is 76.1 cm³/mol. The smallest absolute Gasteiger partial charge is 0.0401 e. The van der Waals surface area contributed by atoms with Crippen LogP contribution in [0.5, 0.6) is 0 Å². The molecule has 1 aliphatic rings. The molecule has 1 nitrogen and oxygen atoms in total. The molecule has 1 aromatic carbocycles. The lowest BCUT2D eigenvalue weighted by molar-refractivity contribution is 0.543. The second kappa shape index (κ2) is 6.30. The molecule has 1 aromatic rings. The van der Waals surface area contributed by atoms with Crippen LogP contribution in [0, 0.1) is 0 Å². The fourth-order valence-corrected chi connectivity index (χ4v) is 2.84. The monoisotopic (exact) mass is 251 g/mol. The first kappa shape index (κ1) is 12.8. The Morgan fingerprint density at radius 1 is 1.24 bits per heavy atom. The van der Waals surface area contributed by atoms with Gasteiger partial charge in [0.1, 0.15) is 0 Å². The number of hydrogen-bond acceptors (Lipinski definition) is 1. The Hall–Kier alpha value is -0.690. The van der Waals surface area contributed by atoms with E-state index in [9.17, 15) is 0 Å². The van der Waals surface area contributed by atoms with E-state index in [1.807, 2.05) is 0 Å². The van der Waals surface area contributed by atoms with Gasteiger partial charge in [-0.3, -0.25) is 0 Å². The standard InChI is InChI=1S/C15H22ClN/c1-13-9-10-14-7-3-4-8-15(14)17(13)12-6-2-5-11-16/h3-4,7-8,13H,2,5-6,9-12H2,1H3. The summed E-state index contributed by atoms with van der Waals surface area (Å²) in [5, 5.41) is 0. The number of halogens is 1. The van der Waals surface area contributed by atoms with Crippen LogP contribution in [0.1, 0.15) is 38.2 Å². The lowest BCUT2D eigenvalue weighted by Gasteiger charge is -2.37. The molecule has 17 heavy (non-hydrogen) atoms. The average Bonchev–Trinajstić information content (AvgIpc) is 2.37. The van der Waals surface area contributed by atoms with Gasteiger partial charge in [-0.05, 0) is 44.2 Å². The number of aryl methyl sites for hydroxylation is 1. The highest BCUT2D eigenvalue weighted by Gasteiger charge is 2.21. The van der Waals surface area contributed by atoms with Crippen LogP contribution in [0.2, 0.25) is 0 Å². The maximum atomic E-state index is 5.72. The van der Waals surface area contributed by atoms with Crippen LogP contribution in [0.25, 0.3) is 0 Å². The number of fused-ring (bicyclic) bond motifs is 1. The first-order valence-corrected chi connectivity index (χ1v) is 7.27. The van der Waals surface area contributed by atoms with Crippen LogP contribution in [0.3, 0.4) is 0 Å². The van der Waals surface area contributed by atoms with Crippen molar-refractivity contribution in [3.05, 3.63) is 29.8 Å². The van der Waals surface area contributed by atoms with Crippen molar-refractivity contribution in [3.63, 3.8) is 0 Å². The van der Waals surface area contributed by atoms with Crippen molar-refractivity contribution in [1.82, 2.24) is 0 Å². The van der Waals surface area contributed by atoms with Crippen LogP contribution in [-0.2, 0) is 6.42 Å². The molecule has 2 heteroatoms. The number of rotatable bonds is 5. The van der Waals surface area contributed by atoms with Gasteiger partial charge >= 0.3 is 0 Å². The summed E-state index contributed by atoms with van der Waals surface area (Å²) < 4.78 is 0. The van der Waals surface area contributed by atoms with Crippen molar-refractivity contribution in [3.8, 4) is 0 Å². The highest BCUT2D eigenvalue weighted by atomic mass is 35.5. The maximum absolute atomic E-state index is 5.72. The van der Waals surface area contributed by atoms with Gasteiger partial charge in [0.05, 0.1) is 0 Å². The number of para-hydroxylation sites is 1. The Morgan fingerprint density at radius 2 is 2.06 bits per heavy atom. The van der Waals surface area contributed by atoms with Gasteiger partial charge in [-0.25, -0.2) is 0 Å². The zero-order valence-corrected chi connectivity index (χ0v) is 11.4. The molecule has 0 aliphatic carbocycles. The third kappa shape index (κ3) is 3.16. The summed E-state index contributed by atoms with van der Waals surface area (Å²) in [7, 11) is 0. The second-order valence-electron chi connectivity index (χ2n) is 4.96. The van der Waals surface area contributed by atoms with Crippen molar-refractivity contribution in [2.45, 2.75) is 45.1 Å². The Bertz CT molecular complexity index is 351. The fourth-order valence-electron chi connectivity index (χ4n) is 2.65. The van der Waals surface area contributed by atoms with Crippen molar-refractivity contribution in [2.75, 3.05) is 17.3 Å². The van der Waals surface area contributed by atoms with E-state index in [0.717, 1.165) is 12.3 Å². The summed E-state index contributed by atoms with van der Waals surface area (Å²) in [6.45, 7) is 3.52. The minimum Gasteiger partial charge on any atom is -0.369 e. The molecule has 1 heterocycles. The number of nitrogens with zero attached hydrogens (tertiary/aromatic N) is 1. The first-order chi connectivity index (χ1) is 8.33. The Morgan fingerprint density at radius 3 is 2.88 bits per heavy atom. The van der Waals surface area contributed by atoms with Crippen LogP contribution >= 0.6 is 11.6 Å². The summed E-state index contributed by atoms with van der Waals surface area (Å²) in [5.74, 6) is 0.798. The van der Waals surface area contributed by atoms with E-state index in [2.05, 4.69) is 36.1 Å². The largest absolute Gasteiger partial charge is 0.369 e. The molecule has 1 unspecified atom stereocenters. The van der Waals surface area contributed by atoms with E-state index in [-0.39, 0.29) is 0 Å². The van der Waals surface area contributed by atoms with Crippen LogP contribution in [-0.4, -0.2) is 18.5 Å². The molecule has 0 radical (unpaired) electrons. The van der Waals surface area contributed by atoms with Gasteiger partial charge in [0.2, 0.25) is 0 Å². The molecule has 1 atom stereocenters. The highest BCUT2D eigenvalue weighted by molar-refractivity contribution is 6.17. The second-order valence-corrected chi connectivity index (χ2v) is 5.34. The number of unbranched alkanes of at least 4 members (excludes halogenated alkanes) is 2. The van der Waals surface area contributed by atoms with E-state index in [1.165, 1.54) is 43.5 Å². The first-order valence-electron chi connectivity index (χ1n) is 6.73. The highest BCUT2D eigenvalue weighted by Crippen LogP contribution is 2.30. The topological polar surface area (TPSA) is 3.24 Å². The van der Waals surface area contributed by atoms with Crippen molar-refractivity contribution in [1.29, 1.82) is 0 Å². The molecular weight excluding hydrogens is 230 g/mol. The van der Waals surface area contributed by atoms with Crippen molar-refractivity contribution in [2.24, 2.45) is 0 Å². The van der Waals surface area contributed by atoms with E-state index in [0.29, 0.717) is 6.04 Å². The molecule has 0 spiro atoms. The summed E-state index contributed by atoms with van der Waals surface area (Å²) in [5.41, 5.74) is 2.97. The third-order valence-corrected chi connectivity index (χ3v) is 3.96. The summed E-state index contributed by atoms with van der Waals surface area (Å²) >= 11 is 5.72. The molecule has 0 saturated heterocycles. The Balaban J connectivity index is 2.00. The molecule has 0 aromatic heterocycles. The lowest BCUT2D eigenvalue weighted by Crippen LogP contribution is -2.37. The SMILES string of the molecule is CC1CCc2ccccc2N1CCCCCCl. The number of hydrogen-bond donors (Lipinski definition) is 0. The molecular formula is C15H22ClN. The normalized spacial score (nSPS) is 19.2. The van der Waals surface area contributed by atoms with Gasteiger partial charge in [0.25, 0.3) is 0 Å². The minimum absolute atomic E-state index is 0.681. The molecule has 0 fully saturated rings. The van der Waals surface area contributed by atoms with Crippen molar-refractivity contribution >= 4 is 17.3 Å². The molecule has 1 aliphatic heterocycles. The van der Waals surface area contributed by atoms with Gasteiger partial charge in [-0.1, -0.05) is 24.6 Å². The zero-order chi connectivity index (χ0) is 12.1. The van der Waals surface area contributed by atoms with Crippen LogP contribution in [0.15, 0.2) is 24.3 Å². The Kier molecular flexibility index (Phi) is 4.73. The lowest BCUT2D eigenvalue weighted by atomic mass is 9.96. The fraction of sp³-hybridized carbons (Fsp3) is 0.600. The Labute approximate surface area is 110 Å². The van der Waals surface area contributed by atoms with Gasteiger partial charge in [-0.2, -0.15) is 0 Å². The number of alkyl halides is 1. The summed E-state index contributed by atoms with van der Waals surface area (Å²) in [6, 6.07) is 9.53. The maximum Gasteiger partial charge on any atom is 0.0401 e. The van der Waals surface area contributed by atoms with E-state index < -0.39 is 0 Å². The molecule has 2 rings (SSSR count). The molecule has 0 amide bonds. The van der Waals surface area contributed by atoms with Gasteiger partial charge < -0.3 is 4.90 Å². The third-order valence-electron chi connectivity index (χ3n) is 3.70. The summed E-state index contributed by atoms with van der Waals surface area (Å²) in [4.78, 5) is 2.58. The zero-order valence-electron chi connectivity index (χ0n) is 10.7. The van der Waals surface area contributed by atoms with E-state index in [1.54, 1.807) is 0 Å². The minimum atomic E-state index is 0.681. The summed E-state index contributed by atoms with van der Waals surface area (Å²) in [6.07, 6.45) is 6.16. The van der Waals surface area contributed by atoms with Gasteiger partial charge in [-0.15, -0.1) is 11.6 Å². The van der Waals surface area contributed by atoms with Crippen molar-refractivity contribution < 1.29 is 0 Å². The van der Waals surface area contributed by atoms with E-state index in [4.69, 9.17) is 11.6 Å². The van der Waals surface area contributed by atoms with E-state index >= 15 is 0 Å². The molecule has 0 bridgehead atoms. The molecule has 94 valence electrons. The van der Waals surface area contributed by atoms with Crippen LogP contribution < -0.4 is 4.90 Å². The molecule has 0 saturated carbocycles. The number of anilines is 1.